The Morgan fingerprint density at radius 3 is 2.26 bits per heavy atom. The molecule has 6 heteroatoms. The fourth-order valence-corrected chi connectivity index (χ4v) is 6.17. The Labute approximate surface area is 191 Å². The van der Waals surface area contributed by atoms with Gasteiger partial charge >= 0.3 is 0 Å². The number of thioether (sulfide) groups is 1. The molecule has 4 rings (SSSR count). The minimum atomic E-state index is 0.298. The molecule has 0 unspecified atom stereocenters. The molecule has 1 heterocycles. The van der Waals surface area contributed by atoms with Crippen LogP contribution in [0.4, 0.5) is 0 Å². The predicted octanol–water partition coefficient (Wildman–Crippen LogP) is 5.86. The number of hydrogen-bond donors (Lipinski definition) is 0. The van der Waals surface area contributed by atoms with Gasteiger partial charge in [-0.3, -0.25) is 4.79 Å². The van der Waals surface area contributed by atoms with Crippen molar-refractivity contribution in [2.75, 3.05) is 5.75 Å². The topological polar surface area (TPSA) is 51.0 Å². The van der Waals surface area contributed by atoms with E-state index in [0.717, 1.165) is 23.1 Å². The van der Waals surface area contributed by atoms with Crippen LogP contribution in [0.25, 0.3) is 11.4 Å². The Balaban J connectivity index is 1.48. The first-order valence-corrected chi connectivity index (χ1v) is 13.1. The number of hydrogen-bond acceptors (Lipinski definition) is 4. The smallest absolute Gasteiger partial charge is 0.233 e. The molecule has 0 saturated heterocycles. The molecule has 0 bridgehead atoms. The minimum Gasteiger partial charge on any atom is -0.336 e. The van der Waals surface area contributed by atoms with E-state index >= 15 is 0 Å². The van der Waals surface area contributed by atoms with E-state index in [4.69, 9.17) is 0 Å². The summed E-state index contributed by atoms with van der Waals surface area (Å²) in [5.41, 5.74) is 2.29. The lowest BCUT2D eigenvalue weighted by Crippen LogP contribution is -2.49. The third kappa shape index (κ3) is 5.33. The van der Waals surface area contributed by atoms with E-state index in [0.29, 0.717) is 23.7 Å². The standard InChI is InChI=1S/C25H36N4OS/c1-3-28-24(20-12-10-11-19(2)17-20)26-27-25(28)31-18-23(30)29(21-13-6-4-7-14-21)22-15-8-5-9-16-22/h10-12,17,21-22H,3-9,13-16,18H2,1-2H3. The van der Waals surface area contributed by atoms with Crippen LogP contribution >= 0.6 is 11.8 Å². The first kappa shape index (κ1) is 22.4. The summed E-state index contributed by atoms with van der Waals surface area (Å²) in [6, 6.07) is 9.26. The monoisotopic (exact) mass is 440 g/mol. The van der Waals surface area contributed by atoms with Crippen molar-refractivity contribution in [3.8, 4) is 11.4 Å². The number of amides is 1. The zero-order chi connectivity index (χ0) is 21.6. The van der Waals surface area contributed by atoms with Gasteiger partial charge in [0.15, 0.2) is 11.0 Å². The van der Waals surface area contributed by atoms with Gasteiger partial charge in [-0.25, -0.2) is 0 Å². The maximum Gasteiger partial charge on any atom is 0.233 e. The van der Waals surface area contributed by atoms with Gasteiger partial charge < -0.3 is 9.47 Å². The van der Waals surface area contributed by atoms with Crippen LogP contribution in [0, 0.1) is 6.92 Å². The average molecular weight is 441 g/mol. The molecule has 0 atom stereocenters. The van der Waals surface area contributed by atoms with Crippen LogP contribution in [0.5, 0.6) is 0 Å². The van der Waals surface area contributed by atoms with Gasteiger partial charge in [-0.05, 0) is 45.6 Å². The second kappa shape index (κ2) is 10.7. The number of aryl methyl sites for hydroxylation is 1. The van der Waals surface area contributed by atoms with E-state index < -0.39 is 0 Å². The van der Waals surface area contributed by atoms with E-state index in [9.17, 15) is 4.79 Å². The average Bonchev–Trinajstić information content (AvgIpc) is 3.22. The molecular weight excluding hydrogens is 404 g/mol. The first-order chi connectivity index (χ1) is 15.2. The summed E-state index contributed by atoms with van der Waals surface area (Å²) >= 11 is 1.55. The van der Waals surface area contributed by atoms with Crippen LogP contribution in [0.1, 0.15) is 76.7 Å². The molecule has 0 N–H and O–H groups in total. The Bertz CT molecular complexity index is 850. The highest BCUT2D eigenvalue weighted by Crippen LogP contribution is 2.32. The summed E-state index contributed by atoms with van der Waals surface area (Å²) in [7, 11) is 0. The fraction of sp³-hybridized carbons (Fsp3) is 0.640. The van der Waals surface area contributed by atoms with Crippen molar-refractivity contribution in [2.24, 2.45) is 0 Å². The summed E-state index contributed by atoms with van der Waals surface area (Å²) in [6.45, 7) is 5.00. The first-order valence-electron chi connectivity index (χ1n) is 12.1. The summed E-state index contributed by atoms with van der Waals surface area (Å²) in [4.78, 5) is 15.8. The van der Waals surface area contributed by atoms with Crippen molar-refractivity contribution in [3.63, 3.8) is 0 Å². The molecule has 1 amide bonds. The Morgan fingerprint density at radius 1 is 1.03 bits per heavy atom. The van der Waals surface area contributed by atoms with E-state index in [1.165, 1.54) is 69.8 Å². The van der Waals surface area contributed by atoms with Gasteiger partial charge in [0.2, 0.25) is 5.91 Å². The molecule has 0 spiro atoms. The van der Waals surface area contributed by atoms with E-state index in [1.54, 1.807) is 11.8 Å². The van der Waals surface area contributed by atoms with Gasteiger partial charge in [0.25, 0.3) is 0 Å². The Hall–Kier alpha value is -1.82. The van der Waals surface area contributed by atoms with E-state index in [1.807, 2.05) is 0 Å². The van der Waals surface area contributed by atoms with E-state index in [2.05, 4.69) is 57.8 Å². The van der Waals surface area contributed by atoms with Gasteiger partial charge in [-0.2, -0.15) is 0 Å². The van der Waals surface area contributed by atoms with Crippen LogP contribution in [0.15, 0.2) is 29.4 Å². The van der Waals surface area contributed by atoms with Crippen molar-refractivity contribution in [2.45, 2.75) is 102 Å². The molecule has 2 aliphatic rings. The normalized spacial score (nSPS) is 18.3. The van der Waals surface area contributed by atoms with Crippen molar-refractivity contribution in [1.82, 2.24) is 19.7 Å². The molecule has 2 saturated carbocycles. The molecule has 2 aromatic rings. The van der Waals surface area contributed by atoms with Crippen LogP contribution < -0.4 is 0 Å². The summed E-state index contributed by atoms with van der Waals surface area (Å²) in [5, 5.41) is 9.77. The molecule has 168 valence electrons. The zero-order valence-electron chi connectivity index (χ0n) is 19.1. The number of aromatic nitrogens is 3. The SMILES string of the molecule is CCn1c(SCC(=O)N(C2CCCCC2)C2CCCCC2)nnc1-c1cccc(C)c1. The largest absolute Gasteiger partial charge is 0.336 e. The zero-order valence-corrected chi connectivity index (χ0v) is 19.9. The third-order valence-corrected chi connectivity index (χ3v) is 7.81. The minimum absolute atomic E-state index is 0.298. The lowest BCUT2D eigenvalue weighted by molar-refractivity contribution is -0.135. The molecule has 0 radical (unpaired) electrons. The lowest BCUT2D eigenvalue weighted by Gasteiger charge is -2.41. The molecule has 1 aromatic heterocycles. The molecule has 0 aliphatic heterocycles. The van der Waals surface area contributed by atoms with Crippen LogP contribution in [-0.4, -0.2) is 43.4 Å². The Morgan fingerprint density at radius 2 is 1.68 bits per heavy atom. The molecule has 1 aromatic carbocycles. The second-order valence-electron chi connectivity index (χ2n) is 9.09. The van der Waals surface area contributed by atoms with Gasteiger partial charge in [0, 0.05) is 24.2 Å². The van der Waals surface area contributed by atoms with E-state index in [-0.39, 0.29) is 0 Å². The van der Waals surface area contributed by atoms with Gasteiger partial charge in [0.05, 0.1) is 5.75 Å². The lowest BCUT2D eigenvalue weighted by atomic mass is 9.88. The van der Waals surface area contributed by atoms with Crippen LogP contribution in [0.2, 0.25) is 0 Å². The van der Waals surface area contributed by atoms with Crippen LogP contribution in [0.3, 0.4) is 0 Å². The Kier molecular flexibility index (Phi) is 7.70. The maximum absolute atomic E-state index is 13.5. The van der Waals surface area contributed by atoms with Crippen molar-refractivity contribution < 1.29 is 4.79 Å². The quantitative estimate of drug-likeness (QED) is 0.506. The number of carbonyl (C=O) groups is 1. The second-order valence-corrected chi connectivity index (χ2v) is 10.0. The summed E-state index contributed by atoms with van der Waals surface area (Å²) in [5.74, 6) is 1.64. The molecule has 2 fully saturated rings. The highest BCUT2D eigenvalue weighted by molar-refractivity contribution is 7.99. The van der Waals surface area contributed by atoms with Crippen molar-refractivity contribution in [3.05, 3.63) is 29.8 Å². The highest BCUT2D eigenvalue weighted by atomic mass is 32.2. The number of rotatable bonds is 7. The molecule has 2 aliphatic carbocycles. The number of carbonyl (C=O) groups excluding carboxylic acids is 1. The van der Waals surface area contributed by atoms with Gasteiger partial charge in [0.1, 0.15) is 0 Å². The summed E-state index contributed by atoms with van der Waals surface area (Å²) < 4.78 is 2.14. The summed E-state index contributed by atoms with van der Waals surface area (Å²) in [6.07, 6.45) is 12.4. The maximum atomic E-state index is 13.5. The number of benzene rings is 1. The highest BCUT2D eigenvalue weighted by Gasteiger charge is 2.32. The van der Waals surface area contributed by atoms with Crippen LogP contribution in [-0.2, 0) is 11.3 Å². The van der Waals surface area contributed by atoms with Gasteiger partial charge in [-0.1, -0.05) is 74.0 Å². The number of nitrogens with zero attached hydrogens (tertiary/aromatic N) is 4. The molecule has 31 heavy (non-hydrogen) atoms. The van der Waals surface area contributed by atoms with Crippen molar-refractivity contribution in [1.29, 1.82) is 0 Å². The van der Waals surface area contributed by atoms with Crippen molar-refractivity contribution >= 4 is 17.7 Å². The van der Waals surface area contributed by atoms with Gasteiger partial charge in [-0.15, -0.1) is 10.2 Å². The molecule has 5 nitrogen and oxygen atoms in total. The molecular formula is C25H36N4OS. The predicted molar refractivity (Wildman–Crippen MR) is 127 cm³/mol. The fourth-order valence-electron chi connectivity index (χ4n) is 5.30. The third-order valence-electron chi connectivity index (χ3n) is 6.86.